The fraction of sp³-hybridized carbons (Fsp3) is 0.500. The van der Waals surface area contributed by atoms with Gasteiger partial charge in [-0.2, -0.15) is 13.2 Å². The molecule has 5 atom stereocenters. The van der Waals surface area contributed by atoms with Crippen molar-refractivity contribution >= 4 is 48.1 Å². The highest BCUT2D eigenvalue weighted by Crippen LogP contribution is 2.38. The number of halogens is 3. The van der Waals surface area contributed by atoms with E-state index in [1.807, 2.05) is 43.3 Å². The smallest absolute Gasteiger partial charge is 0.398 e. The molecule has 0 aliphatic carbocycles. The van der Waals surface area contributed by atoms with Crippen molar-refractivity contribution in [2.75, 3.05) is 6.54 Å². The van der Waals surface area contributed by atoms with Crippen LogP contribution < -0.4 is 26.3 Å². The Labute approximate surface area is 352 Å². The lowest BCUT2D eigenvalue weighted by molar-refractivity contribution is -0.144. The highest BCUT2D eigenvalue weighted by molar-refractivity contribution is 6.99. The molecule has 5 rings (SSSR count). The predicted octanol–water partition coefficient (Wildman–Crippen LogP) is 5.99. The Morgan fingerprint density at radius 2 is 1.45 bits per heavy atom. The summed E-state index contributed by atoms with van der Waals surface area (Å²) in [7, 11) is -2.95. The average Bonchev–Trinajstić information content (AvgIpc) is 3.71. The van der Waals surface area contributed by atoms with E-state index in [2.05, 4.69) is 61.0 Å². The molecule has 0 spiro atoms. The van der Waals surface area contributed by atoms with Crippen molar-refractivity contribution in [3.8, 4) is 0 Å². The van der Waals surface area contributed by atoms with E-state index in [1.165, 1.54) is 24.0 Å². The second kappa shape index (κ2) is 19.3. The first-order valence-electron chi connectivity index (χ1n) is 21.0. The number of nitrogens with one attached hydrogen (secondary N) is 3. The number of unbranched alkanes of at least 4 members (excludes halogenated alkanes) is 2. The van der Waals surface area contributed by atoms with E-state index < -0.39 is 73.5 Å². The molecule has 324 valence electrons. The van der Waals surface area contributed by atoms with E-state index in [-0.39, 0.29) is 43.0 Å². The summed E-state index contributed by atoms with van der Waals surface area (Å²) in [6.45, 7) is 11.8. The van der Waals surface area contributed by atoms with E-state index in [9.17, 15) is 37.1 Å². The van der Waals surface area contributed by atoms with Crippen LogP contribution in [0, 0.1) is 0 Å². The molecule has 3 aromatic carbocycles. The highest BCUT2D eigenvalue weighted by Gasteiger charge is 2.51. The Morgan fingerprint density at radius 3 is 2.00 bits per heavy atom. The van der Waals surface area contributed by atoms with Crippen LogP contribution in [-0.4, -0.2) is 78.9 Å². The quantitative estimate of drug-likeness (QED) is 0.135. The molecule has 60 heavy (non-hydrogen) atoms. The lowest BCUT2D eigenvalue weighted by Gasteiger charge is -2.44. The number of hydrogen-bond donors (Lipinski definition) is 3. The van der Waals surface area contributed by atoms with Crippen LogP contribution in [0.3, 0.4) is 0 Å². The largest absolute Gasteiger partial charge is 0.416 e. The van der Waals surface area contributed by atoms with Crippen LogP contribution in [-0.2, 0) is 41.0 Å². The number of rotatable bonds is 14. The maximum absolute atomic E-state index is 14.1. The average molecular weight is 849 g/mol. The summed E-state index contributed by atoms with van der Waals surface area (Å²) in [6, 6.07) is 21.5. The van der Waals surface area contributed by atoms with Crippen LogP contribution in [0.25, 0.3) is 0 Å². The first-order chi connectivity index (χ1) is 28.3. The number of ketones is 1. The van der Waals surface area contributed by atoms with Gasteiger partial charge in [-0.1, -0.05) is 113 Å². The topological polar surface area (TPSA) is 134 Å². The molecule has 0 aromatic heterocycles. The van der Waals surface area contributed by atoms with Gasteiger partial charge in [-0.3, -0.25) is 24.0 Å². The maximum Gasteiger partial charge on any atom is 0.416 e. The minimum Gasteiger partial charge on any atom is -0.398 e. The van der Waals surface area contributed by atoms with Crippen molar-refractivity contribution < 1.29 is 41.6 Å². The van der Waals surface area contributed by atoms with Crippen molar-refractivity contribution in [2.45, 2.75) is 140 Å². The fourth-order valence-electron chi connectivity index (χ4n) is 8.34. The molecule has 3 N–H and O–H groups in total. The Kier molecular flexibility index (Phi) is 14.8. The maximum atomic E-state index is 14.1. The zero-order chi connectivity index (χ0) is 43.9. The summed E-state index contributed by atoms with van der Waals surface area (Å²) in [4.78, 5) is 70.7. The van der Waals surface area contributed by atoms with Crippen LogP contribution >= 0.6 is 0 Å². The molecule has 2 heterocycles. The Hall–Kier alpha value is -4.82. The lowest BCUT2D eigenvalue weighted by atomic mass is 9.94. The number of fused-ring (bicyclic) bond motifs is 1. The fourth-order valence-corrected chi connectivity index (χ4v) is 13.0. The number of carbonyl (C=O) groups is 5. The minimum absolute atomic E-state index is 0.0209. The van der Waals surface area contributed by atoms with Crippen LogP contribution in [0.1, 0.15) is 104 Å². The Balaban J connectivity index is 1.25. The van der Waals surface area contributed by atoms with Crippen molar-refractivity contribution in [1.29, 1.82) is 0 Å². The monoisotopic (exact) mass is 848 g/mol. The first-order valence-corrected chi connectivity index (χ1v) is 22.9. The van der Waals surface area contributed by atoms with Crippen molar-refractivity contribution in [3.63, 3.8) is 0 Å². The normalized spacial score (nSPS) is 22.5. The van der Waals surface area contributed by atoms with E-state index in [1.54, 1.807) is 6.92 Å². The minimum atomic E-state index is -4.54. The van der Waals surface area contributed by atoms with Gasteiger partial charge in [0.1, 0.15) is 29.8 Å². The van der Waals surface area contributed by atoms with Gasteiger partial charge in [-0.25, -0.2) is 0 Å². The molecule has 0 saturated carbocycles. The predicted molar refractivity (Wildman–Crippen MR) is 227 cm³/mol. The summed E-state index contributed by atoms with van der Waals surface area (Å²) in [5.41, 5.74) is -1.93. The lowest BCUT2D eigenvalue weighted by Crippen LogP contribution is -2.68. The molecular weight excluding hydrogens is 790 g/mol. The standard InChI is InChI=1S/C46H59F3N4O6Si/c1-7-45(6)43(58)51-37(30-32-25-27-33(28-26-32)46(47,48)49)42(57)53-29-17-23-38(53)41(56)50-36(40(55)52-45)22-15-10-16-24-39(54)31(2)59-60(44(3,4)5,34-18-11-8-12-19-34)35-20-13-9-14-21-35/h8-9,11-14,18-21,25-28,31,36-38H,7,10,15-17,22-24,29-30H2,1-6H3,(H,50,56)(H,51,58)(H,52,55)/t31-,36+,37?,38-,45+/m1/s1. The molecule has 14 heteroatoms. The third-order valence-corrected chi connectivity index (χ3v) is 17.2. The number of carbonyl (C=O) groups excluding carboxylic acids is 5. The van der Waals surface area contributed by atoms with Gasteiger partial charge < -0.3 is 25.3 Å². The van der Waals surface area contributed by atoms with E-state index in [0.717, 1.165) is 22.5 Å². The second-order valence-corrected chi connectivity index (χ2v) is 21.6. The van der Waals surface area contributed by atoms with E-state index >= 15 is 0 Å². The molecule has 1 unspecified atom stereocenters. The molecule has 0 bridgehead atoms. The molecule has 2 fully saturated rings. The Bertz CT molecular complexity index is 1940. The molecule has 2 aliphatic rings. The van der Waals surface area contributed by atoms with Crippen LogP contribution in [0.15, 0.2) is 84.9 Å². The van der Waals surface area contributed by atoms with E-state index in [4.69, 9.17) is 4.43 Å². The molecule has 10 nitrogen and oxygen atoms in total. The Morgan fingerprint density at radius 1 is 0.850 bits per heavy atom. The molecule has 2 saturated heterocycles. The number of hydrogen-bond acceptors (Lipinski definition) is 6. The van der Waals surface area contributed by atoms with Gasteiger partial charge in [0, 0.05) is 19.4 Å². The number of benzene rings is 3. The van der Waals surface area contributed by atoms with Gasteiger partial charge in [0.2, 0.25) is 23.6 Å². The summed E-state index contributed by atoms with van der Waals surface area (Å²) in [6.07, 6.45) is -2.20. The number of nitrogens with zero attached hydrogens (tertiary/aromatic N) is 1. The first kappa shape index (κ1) is 46.2. The third kappa shape index (κ3) is 10.5. The molecule has 2 aliphatic heterocycles. The van der Waals surface area contributed by atoms with Gasteiger partial charge >= 0.3 is 6.18 Å². The summed E-state index contributed by atoms with van der Waals surface area (Å²) in [5, 5.41) is 10.3. The third-order valence-electron chi connectivity index (χ3n) is 12.0. The van der Waals surface area contributed by atoms with Crippen molar-refractivity contribution in [1.82, 2.24) is 20.9 Å². The second-order valence-electron chi connectivity index (χ2n) is 17.3. The number of amides is 4. The van der Waals surface area contributed by atoms with Crippen LogP contribution in [0.5, 0.6) is 0 Å². The molecule has 4 amide bonds. The zero-order valence-corrected chi connectivity index (χ0v) is 36.5. The highest BCUT2D eigenvalue weighted by atomic mass is 28.4. The van der Waals surface area contributed by atoms with Gasteiger partial charge in [-0.15, -0.1) is 0 Å². The molecule has 0 radical (unpaired) electrons. The number of Topliss-reactive ketones (excluding diaryl/α,β-unsaturated/α-hetero) is 1. The van der Waals surface area contributed by atoms with Crippen LogP contribution in [0.4, 0.5) is 13.2 Å². The van der Waals surface area contributed by atoms with Crippen LogP contribution in [0.2, 0.25) is 5.04 Å². The van der Waals surface area contributed by atoms with Gasteiger partial charge in [0.05, 0.1) is 5.56 Å². The number of alkyl halides is 3. The molecular formula is C46H59F3N4O6Si. The van der Waals surface area contributed by atoms with Gasteiger partial charge in [-0.05, 0) is 79.1 Å². The summed E-state index contributed by atoms with van der Waals surface area (Å²) in [5.74, 6) is -2.23. The SMILES string of the molecule is CC[C@]1(C)NC(=O)[C@H](CCCCCC(=O)[C@@H](C)O[Si](c2ccccc2)(c2ccccc2)C(C)(C)C)NC(=O)[C@H]2CCCN2C(=O)C(Cc2ccc(C(F)(F)F)cc2)NC1=O. The summed E-state index contributed by atoms with van der Waals surface area (Å²) >= 11 is 0. The van der Waals surface area contributed by atoms with Gasteiger partial charge in [0.15, 0.2) is 5.78 Å². The van der Waals surface area contributed by atoms with Crippen molar-refractivity contribution in [3.05, 3.63) is 96.1 Å². The summed E-state index contributed by atoms with van der Waals surface area (Å²) < 4.78 is 46.7. The van der Waals surface area contributed by atoms with E-state index in [0.29, 0.717) is 37.7 Å². The zero-order valence-electron chi connectivity index (χ0n) is 35.5. The van der Waals surface area contributed by atoms with Gasteiger partial charge in [0.25, 0.3) is 8.32 Å². The molecule has 3 aromatic rings. The van der Waals surface area contributed by atoms with Crippen molar-refractivity contribution in [2.24, 2.45) is 0 Å².